The van der Waals surface area contributed by atoms with Crippen molar-refractivity contribution in [1.82, 2.24) is 24.5 Å². The molecule has 0 atom stereocenters. The van der Waals surface area contributed by atoms with Crippen molar-refractivity contribution in [1.29, 1.82) is 0 Å². The fourth-order valence-corrected chi connectivity index (χ4v) is 4.47. The highest BCUT2D eigenvalue weighted by Crippen LogP contribution is 2.23. The third kappa shape index (κ3) is 4.03. The molecule has 168 valence electrons. The van der Waals surface area contributed by atoms with Crippen molar-refractivity contribution < 1.29 is 0 Å². The smallest absolute Gasteiger partial charge is 0.292 e. The van der Waals surface area contributed by atoms with E-state index >= 15 is 0 Å². The summed E-state index contributed by atoms with van der Waals surface area (Å²) in [5.41, 5.74) is 1.70. The van der Waals surface area contributed by atoms with Crippen LogP contribution in [0.2, 0.25) is 5.02 Å². The Balaban J connectivity index is 1.32. The van der Waals surface area contributed by atoms with E-state index in [9.17, 15) is 9.59 Å². The molecule has 0 unspecified atom stereocenters. The molecule has 0 bridgehead atoms. The van der Waals surface area contributed by atoms with Gasteiger partial charge in [0.25, 0.3) is 11.1 Å². The van der Waals surface area contributed by atoms with Crippen molar-refractivity contribution in [3.63, 3.8) is 0 Å². The zero-order valence-corrected chi connectivity index (χ0v) is 18.9. The van der Waals surface area contributed by atoms with E-state index in [1.54, 1.807) is 6.20 Å². The zero-order valence-electron chi connectivity index (χ0n) is 18.2. The van der Waals surface area contributed by atoms with E-state index in [-0.39, 0.29) is 16.1 Å². The Morgan fingerprint density at radius 1 is 0.879 bits per heavy atom. The van der Waals surface area contributed by atoms with E-state index in [2.05, 4.69) is 20.0 Å². The molecule has 8 nitrogen and oxygen atoms in total. The minimum atomic E-state index is -0.342. The maximum absolute atomic E-state index is 12.9. The van der Waals surface area contributed by atoms with Gasteiger partial charge in [-0.1, -0.05) is 48.0 Å². The quantitative estimate of drug-likeness (QED) is 0.464. The van der Waals surface area contributed by atoms with Crippen molar-refractivity contribution in [3.8, 4) is 5.69 Å². The highest BCUT2D eigenvalue weighted by atomic mass is 35.5. The molecule has 1 fully saturated rings. The Labute approximate surface area is 195 Å². The fourth-order valence-electron chi connectivity index (χ4n) is 4.22. The second kappa shape index (κ2) is 8.80. The van der Waals surface area contributed by atoms with E-state index in [1.807, 2.05) is 61.5 Å². The number of nitrogens with zero attached hydrogens (tertiary/aromatic N) is 6. The average molecular weight is 463 g/mol. The van der Waals surface area contributed by atoms with Gasteiger partial charge in [-0.05, 0) is 25.1 Å². The standard InChI is InChI=1S/C24H23ClN6O2/c1-17-19-9-5-6-10-20(19)23(32)30(27-17)16-28-11-13-29(14-12-28)21-15-26-31(24(33)22(21)25)18-7-3-2-4-8-18/h2-10,15H,11-14,16H2,1H3. The van der Waals surface area contributed by atoms with Crippen LogP contribution in [-0.4, -0.2) is 50.6 Å². The summed E-state index contributed by atoms with van der Waals surface area (Å²) in [4.78, 5) is 29.9. The van der Waals surface area contributed by atoms with Gasteiger partial charge in [-0.15, -0.1) is 0 Å². The number of benzene rings is 2. The molecule has 4 aromatic rings. The van der Waals surface area contributed by atoms with Crippen molar-refractivity contribution in [2.45, 2.75) is 13.6 Å². The van der Waals surface area contributed by atoms with Crippen LogP contribution in [0.1, 0.15) is 5.69 Å². The Kier molecular flexibility index (Phi) is 5.70. The summed E-state index contributed by atoms with van der Waals surface area (Å²) in [6.45, 7) is 5.08. The molecule has 3 heterocycles. The molecule has 1 aliphatic heterocycles. The molecule has 1 aliphatic rings. The monoisotopic (exact) mass is 462 g/mol. The second-order valence-corrected chi connectivity index (χ2v) is 8.46. The Morgan fingerprint density at radius 2 is 1.55 bits per heavy atom. The van der Waals surface area contributed by atoms with Crippen molar-refractivity contribution in [2.75, 3.05) is 31.1 Å². The van der Waals surface area contributed by atoms with Gasteiger partial charge in [-0.25, -0.2) is 4.68 Å². The van der Waals surface area contributed by atoms with Gasteiger partial charge in [0.2, 0.25) is 0 Å². The van der Waals surface area contributed by atoms with Crippen molar-refractivity contribution in [3.05, 3.63) is 92.2 Å². The second-order valence-electron chi connectivity index (χ2n) is 8.08. The van der Waals surface area contributed by atoms with E-state index in [0.29, 0.717) is 49.6 Å². The van der Waals surface area contributed by atoms with Gasteiger partial charge >= 0.3 is 0 Å². The summed E-state index contributed by atoms with van der Waals surface area (Å²) < 4.78 is 2.84. The number of halogens is 1. The number of anilines is 1. The van der Waals surface area contributed by atoms with Gasteiger partial charge in [0.1, 0.15) is 5.02 Å². The molecule has 5 rings (SSSR count). The maximum Gasteiger partial charge on any atom is 0.292 e. The summed E-state index contributed by atoms with van der Waals surface area (Å²) in [6, 6.07) is 16.8. The summed E-state index contributed by atoms with van der Waals surface area (Å²) in [5.74, 6) is 0. The highest BCUT2D eigenvalue weighted by Gasteiger charge is 2.22. The van der Waals surface area contributed by atoms with E-state index in [0.717, 1.165) is 11.1 Å². The molecule has 9 heteroatoms. The molecular formula is C24H23ClN6O2. The number of aromatic nitrogens is 4. The molecule has 2 aromatic carbocycles. The first kappa shape index (κ1) is 21.4. The first-order chi connectivity index (χ1) is 16.0. The molecule has 33 heavy (non-hydrogen) atoms. The summed E-state index contributed by atoms with van der Waals surface area (Å²) >= 11 is 6.46. The summed E-state index contributed by atoms with van der Waals surface area (Å²) in [5, 5.41) is 10.6. The number of piperazine rings is 1. The number of hydrogen-bond acceptors (Lipinski definition) is 6. The molecular weight excluding hydrogens is 440 g/mol. The number of fused-ring (bicyclic) bond motifs is 1. The first-order valence-electron chi connectivity index (χ1n) is 10.8. The first-order valence-corrected chi connectivity index (χ1v) is 11.2. The third-order valence-corrected chi connectivity index (χ3v) is 6.36. The molecule has 2 aromatic heterocycles. The molecule has 0 amide bonds. The molecule has 0 saturated carbocycles. The van der Waals surface area contributed by atoms with Crippen LogP contribution in [0.3, 0.4) is 0 Å². The van der Waals surface area contributed by atoms with Crippen LogP contribution in [0.4, 0.5) is 5.69 Å². The van der Waals surface area contributed by atoms with Crippen molar-refractivity contribution in [2.24, 2.45) is 0 Å². The lowest BCUT2D eigenvalue weighted by Crippen LogP contribution is -2.48. The predicted molar refractivity (Wildman–Crippen MR) is 129 cm³/mol. The van der Waals surface area contributed by atoms with E-state index in [1.165, 1.54) is 9.36 Å². The van der Waals surface area contributed by atoms with Gasteiger partial charge in [0.15, 0.2) is 0 Å². The topological polar surface area (TPSA) is 76.3 Å². The Hall–Kier alpha value is -3.49. The lowest BCUT2D eigenvalue weighted by Gasteiger charge is -2.36. The number of hydrogen-bond donors (Lipinski definition) is 0. The van der Waals surface area contributed by atoms with Crippen LogP contribution in [-0.2, 0) is 6.67 Å². The normalized spacial score (nSPS) is 14.7. The summed E-state index contributed by atoms with van der Waals surface area (Å²) in [7, 11) is 0. The van der Waals surface area contributed by atoms with Crippen LogP contribution in [0.15, 0.2) is 70.4 Å². The molecule has 0 aliphatic carbocycles. The highest BCUT2D eigenvalue weighted by molar-refractivity contribution is 6.33. The summed E-state index contributed by atoms with van der Waals surface area (Å²) in [6.07, 6.45) is 1.64. The Morgan fingerprint density at radius 3 is 2.27 bits per heavy atom. The zero-order chi connectivity index (χ0) is 22.9. The predicted octanol–water partition coefficient (Wildman–Crippen LogP) is 2.68. The van der Waals surface area contributed by atoms with Gasteiger partial charge in [-0.3, -0.25) is 14.5 Å². The minimum absolute atomic E-state index is 0.0876. The van der Waals surface area contributed by atoms with Crippen LogP contribution in [0, 0.1) is 6.92 Å². The number of aryl methyl sites for hydroxylation is 1. The molecule has 0 spiro atoms. The van der Waals surface area contributed by atoms with Crippen LogP contribution in [0.5, 0.6) is 0 Å². The van der Waals surface area contributed by atoms with Crippen LogP contribution < -0.4 is 16.0 Å². The van der Waals surface area contributed by atoms with Crippen molar-refractivity contribution >= 4 is 28.1 Å². The van der Waals surface area contributed by atoms with E-state index < -0.39 is 0 Å². The molecule has 0 N–H and O–H groups in total. The SMILES string of the molecule is Cc1nn(CN2CCN(c3cnn(-c4ccccc4)c(=O)c3Cl)CC2)c(=O)c2ccccc12. The molecule has 1 saturated heterocycles. The lowest BCUT2D eigenvalue weighted by atomic mass is 10.1. The maximum atomic E-state index is 12.9. The van der Waals surface area contributed by atoms with Gasteiger partial charge in [0, 0.05) is 31.6 Å². The fraction of sp³-hybridized carbons (Fsp3) is 0.250. The average Bonchev–Trinajstić information content (AvgIpc) is 2.85. The Bertz CT molecular complexity index is 1420. The van der Waals surface area contributed by atoms with Crippen LogP contribution in [0.25, 0.3) is 16.5 Å². The number of rotatable bonds is 4. The lowest BCUT2D eigenvalue weighted by molar-refractivity contribution is 0.191. The van der Waals surface area contributed by atoms with Gasteiger partial charge in [-0.2, -0.15) is 14.9 Å². The van der Waals surface area contributed by atoms with Gasteiger partial charge < -0.3 is 4.90 Å². The molecule has 0 radical (unpaired) electrons. The third-order valence-electron chi connectivity index (χ3n) is 6.00. The van der Waals surface area contributed by atoms with Crippen LogP contribution >= 0.6 is 11.6 Å². The minimum Gasteiger partial charge on any atom is -0.366 e. The largest absolute Gasteiger partial charge is 0.366 e. The van der Waals surface area contributed by atoms with E-state index in [4.69, 9.17) is 11.6 Å². The number of para-hydroxylation sites is 1. The van der Waals surface area contributed by atoms with Gasteiger partial charge in [0.05, 0.1) is 35.3 Å².